The highest BCUT2D eigenvalue weighted by Crippen LogP contribution is 2.34. The number of anilines is 4. The molecular weight excluding hydrogens is 774 g/mol. The summed E-state index contributed by atoms with van der Waals surface area (Å²) in [5.41, 5.74) is 24.3. The molecule has 6 rings (SSSR count). The molecule has 288 valence electrons. The number of nitrogens with two attached hydrogens (primary N) is 4. The Morgan fingerprint density at radius 3 is 1.25 bits per heavy atom. The average Bonchev–Trinajstić information content (AvgIpc) is 3.89. The number of aromatic amines is 2. The number of halogens is 4. The number of nitrogens with zero attached hydrogens (tertiary/aromatic N) is 4. The van der Waals surface area contributed by atoms with Crippen LogP contribution in [0.4, 0.5) is 23.5 Å². The molecule has 0 amide bonds. The number of carbonyl (C=O) groups is 2. The lowest BCUT2D eigenvalue weighted by atomic mass is 10.1. The number of rotatable bonds is 8. The first-order chi connectivity index (χ1) is 25.3. The Hall–Kier alpha value is -4.32. The van der Waals surface area contributed by atoms with Crippen molar-refractivity contribution in [2.75, 3.05) is 49.4 Å². The highest BCUT2D eigenvalue weighted by Gasteiger charge is 2.17. The molecule has 0 bridgehead atoms. The van der Waals surface area contributed by atoms with E-state index in [0.29, 0.717) is 61.9 Å². The van der Waals surface area contributed by atoms with Crippen molar-refractivity contribution in [2.24, 2.45) is 0 Å². The zero-order chi connectivity index (χ0) is 39.2. The number of hydrogen-bond acceptors (Lipinski definition) is 14. The van der Waals surface area contributed by atoms with E-state index in [4.69, 9.17) is 78.8 Å². The summed E-state index contributed by atoms with van der Waals surface area (Å²) in [7, 11) is 0. The van der Waals surface area contributed by atoms with Gasteiger partial charge >= 0.3 is 11.9 Å². The number of nitrogens with one attached hydrogen (secondary N) is 2. The quantitative estimate of drug-likeness (QED) is 0.186. The molecule has 0 saturated carbocycles. The van der Waals surface area contributed by atoms with Crippen molar-refractivity contribution in [1.29, 1.82) is 0 Å². The van der Waals surface area contributed by atoms with E-state index in [1.54, 1.807) is 36.4 Å². The molecule has 2 saturated heterocycles. The summed E-state index contributed by atoms with van der Waals surface area (Å²) in [6.07, 6.45) is 6.69. The van der Waals surface area contributed by atoms with Gasteiger partial charge in [0.2, 0.25) is 11.6 Å². The van der Waals surface area contributed by atoms with Crippen LogP contribution in [0.2, 0.25) is 20.1 Å². The number of carbonyl (C=O) groups excluding carboxylic acids is 2. The molecule has 0 spiro atoms. The summed E-state index contributed by atoms with van der Waals surface area (Å²) < 4.78 is 9.89. The van der Waals surface area contributed by atoms with Crippen LogP contribution < -0.4 is 43.1 Å². The Kier molecular flexibility index (Phi) is 21.0. The lowest BCUT2D eigenvalue weighted by Crippen LogP contribution is -2.22. The van der Waals surface area contributed by atoms with Crippen LogP contribution in [0.3, 0.4) is 0 Å². The number of aromatic nitrogens is 6. The van der Waals surface area contributed by atoms with E-state index in [1.807, 2.05) is 0 Å². The molecule has 2 aliphatic heterocycles. The zero-order valence-electron chi connectivity index (χ0n) is 28.7. The van der Waals surface area contributed by atoms with Crippen LogP contribution in [0, 0.1) is 0 Å². The van der Waals surface area contributed by atoms with E-state index < -0.39 is 11.9 Å². The SMILES string of the molecule is C1CCOC1.C1CCOC1.Nc1nnc(-c2cccc(Cl)c2Cl)c(N)[nH+]1.Nc1nnc(-c2cccc(Cl)c2Cl)c(N)[nH+]1.O=C([O-])CCCCCC(=O)[O-]. The van der Waals surface area contributed by atoms with Gasteiger partial charge in [0, 0.05) is 59.7 Å². The Morgan fingerprint density at radius 2 is 0.962 bits per heavy atom. The molecule has 16 nitrogen and oxygen atoms in total. The Bertz CT molecular complexity index is 1610. The molecular formula is C33H42Cl4N10O6. The molecule has 4 heterocycles. The third kappa shape index (κ3) is 17.4. The number of carboxylic acids is 2. The maximum absolute atomic E-state index is 9.86. The van der Waals surface area contributed by atoms with Gasteiger partial charge in [0.05, 0.1) is 20.1 Å². The second kappa shape index (κ2) is 24.8. The first kappa shape index (κ1) is 44.8. The van der Waals surface area contributed by atoms with Gasteiger partial charge in [0.1, 0.15) is 0 Å². The van der Waals surface area contributed by atoms with E-state index in [2.05, 4.69) is 30.4 Å². The predicted octanol–water partition coefficient (Wildman–Crippen LogP) is 2.89. The molecule has 0 aliphatic carbocycles. The van der Waals surface area contributed by atoms with Crippen LogP contribution >= 0.6 is 46.4 Å². The second-order valence-corrected chi connectivity index (χ2v) is 12.7. The number of hydrogen-bond donors (Lipinski definition) is 4. The molecule has 2 aromatic heterocycles. The van der Waals surface area contributed by atoms with Crippen LogP contribution in [-0.4, -0.2) is 58.8 Å². The molecule has 0 atom stereocenters. The minimum absolute atomic E-state index is 0.00699. The minimum Gasteiger partial charge on any atom is -0.550 e. The standard InChI is InChI=1S/2C9H7Cl2N5.C7H12O4.2C4H8O/c2*10-5-3-1-2-4(6(5)11)7-8(12)14-9(13)16-15-7;8-6(9)4-2-1-3-5-7(10)11;2*1-2-4-5-3-1/h2*1-3H,(H4,12,13,14,16);1-5H2,(H,8,9)(H,10,11);2*1-4H2. The highest BCUT2D eigenvalue weighted by molar-refractivity contribution is 6.44. The summed E-state index contributed by atoms with van der Waals surface area (Å²) in [6.45, 7) is 4.00. The third-order valence-corrected chi connectivity index (χ3v) is 8.52. The molecule has 10 N–H and O–H groups in total. The Labute approximate surface area is 326 Å². The van der Waals surface area contributed by atoms with Crippen LogP contribution in [-0.2, 0) is 19.1 Å². The van der Waals surface area contributed by atoms with Crippen LogP contribution in [0.15, 0.2) is 36.4 Å². The van der Waals surface area contributed by atoms with Crippen molar-refractivity contribution in [3.8, 4) is 22.5 Å². The number of benzene rings is 2. The third-order valence-electron chi connectivity index (χ3n) is 6.88. The zero-order valence-corrected chi connectivity index (χ0v) is 31.7. The normalized spacial score (nSPS) is 12.8. The molecule has 2 aromatic carbocycles. The topological polar surface area (TPSA) is 283 Å². The molecule has 0 unspecified atom stereocenters. The van der Waals surface area contributed by atoms with Gasteiger partial charge in [-0.1, -0.05) is 87.3 Å². The van der Waals surface area contributed by atoms with Crippen molar-refractivity contribution >= 4 is 81.9 Å². The van der Waals surface area contributed by atoms with E-state index in [9.17, 15) is 19.8 Å². The van der Waals surface area contributed by atoms with Crippen molar-refractivity contribution < 1.29 is 39.2 Å². The second-order valence-electron chi connectivity index (χ2n) is 11.1. The monoisotopic (exact) mass is 814 g/mol. The van der Waals surface area contributed by atoms with Gasteiger partial charge in [-0.3, -0.25) is 0 Å². The smallest absolute Gasteiger partial charge is 0.364 e. The fourth-order valence-corrected chi connectivity index (χ4v) is 5.05. The number of unbranched alkanes of at least 4 members (excludes halogenated alkanes) is 2. The first-order valence-corrected chi connectivity index (χ1v) is 17.9. The van der Waals surface area contributed by atoms with Crippen molar-refractivity contribution in [2.45, 2.75) is 57.8 Å². The highest BCUT2D eigenvalue weighted by atomic mass is 35.5. The van der Waals surface area contributed by atoms with E-state index in [0.717, 1.165) is 26.4 Å². The molecule has 4 aromatic rings. The molecule has 0 radical (unpaired) electrons. The van der Waals surface area contributed by atoms with Crippen molar-refractivity contribution in [3.05, 3.63) is 56.5 Å². The van der Waals surface area contributed by atoms with Crippen molar-refractivity contribution in [3.63, 3.8) is 0 Å². The summed E-state index contributed by atoms with van der Waals surface area (Å²) in [6, 6.07) is 10.4. The van der Waals surface area contributed by atoms with Gasteiger partial charge in [0.25, 0.3) is 0 Å². The van der Waals surface area contributed by atoms with E-state index in [1.165, 1.54) is 25.7 Å². The largest absolute Gasteiger partial charge is 0.550 e. The summed E-state index contributed by atoms with van der Waals surface area (Å²) in [5.74, 6) is -1.32. The lowest BCUT2D eigenvalue weighted by Gasteiger charge is -2.04. The Balaban J connectivity index is 0.000000246. The van der Waals surface area contributed by atoms with E-state index in [-0.39, 0.29) is 36.4 Å². The van der Waals surface area contributed by atoms with Crippen molar-refractivity contribution in [1.82, 2.24) is 20.4 Å². The number of nitrogen functional groups attached to an aromatic ring is 4. The predicted molar refractivity (Wildman–Crippen MR) is 199 cm³/mol. The lowest BCUT2D eigenvalue weighted by molar-refractivity contribution is -0.347. The van der Waals surface area contributed by atoms with Gasteiger partial charge < -0.3 is 52.2 Å². The van der Waals surface area contributed by atoms with E-state index >= 15 is 0 Å². The van der Waals surface area contributed by atoms with Gasteiger partial charge in [-0.15, -0.1) is 0 Å². The molecule has 53 heavy (non-hydrogen) atoms. The fourth-order valence-electron chi connectivity index (χ4n) is 4.27. The van der Waals surface area contributed by atoms with Gasteiger partial charge in [-0.25, -0.2) is 9.97 Å². The number of carboxylic acid groups (broad SMARTS) is 2. The van der Waals surface area contributed by atoms with Crippen LogP contribution in [0.5, 0.6) is 0 Å². The Morgan fingerprint density at radius 1 is 0.604 bits per heavy atom. The summed E-state index contributed by atoms with van der Waals surface area (Å²) in [4.78, 5) is 25.0. The van der Waals surface area contributed by atoms with Crippen LogP contribution in [0.25, 0.3) is 22.5 Å². The van der Waals surface area contributed by atoms with Gasteiger partial charge in [-0.2, -0.15) is 0 Å². The maximum Gasteiger partial charge on any atom is 0.364 e. The fraction of sp³-hybridized carbons (Fsp3) is 0.394. The van der Waals surface area contributed by atoms with Crippen LogP contribution in [0.1, 0.15) is 57.8 Å². The number of H-pyrrole nitrogens is 2. The summed E-state index contributed by atoms with van der Waals surface area (Å²) >= 11 is 23.9. The molecule has 2 fully saturated rings. The molecule has 20 heteroatoms. The minimum atomic E-state index is -1.08. The first-order valence-electron chi connectivity index (χ1n) is 16.4. The summed E-state index contributed by atoms with van der Waals surface area (Å²) in [5, 5.41) is 36.4. The number of ether oxygens (including phenoxy) is 2. The van der Waals surface area contributed by atoms with Gasteiger partial charge in [-0.05, 0) is 63.5 Å². The van der Waals surface area contributed by atoms with Gasteiger partial charge in [0.15, 0.2) is 11.4 Å². The number of aliphatic carboxylic acids is 2. The maximum atomic E-state index is 9.86. The average molecular weight is 817 g/mol. The molecule has 2 aliphatic rings.